The highest BCUT2D eigenvalue weighted by Gasteiger charge is 2.03. The molecule has 0 saturated carbocycles. The number of hydrogen-bond acceptors (Lipinski definition) is 4. The van der Waals surface area contributed by atoms with Crippen LogP contribution >= 0.6 is 0 Å². The van der Waals surface area contributed by atoms with E-state index in [1.807, 2.05) is 30.3 Å². The van der Waals surface area contributed by atoms with Gasteiger partial charge in [-0.05, 0) is 5.56 Å². The van der Waals surface area contributed by atoms with Crippen LogP contribution in [0.15, 0.2) is 35.4 Å². The summed E-state index contributed by atoms with van der Waals surface area (Å²) in [4.78, 5) is 10.9. The molecule has 0 aliphatic rings. The second kappa shape index (κ2) is 7.40. The first-order valence-corrected chi connectivity index (χ1v) is 5.18. The Bertz CT molecular complexity index is 377. The number of nitrogens with zero attached hydrogens (tertiary/aromatic N) is 1. The molecular weight excluding hydrogens is 220 g/mol. The summed E-state index contributed by atoms with van der Waals surface area (Å²) in [5.41, 5.74) is 4.12. The molecule has 92 valence electrons. The number of methoxy groups -OCH3 is 2. The molecule has 0 aliphatic heterocycles. The maximum Gasteiger partial charge on any atom is 0.427 e. The van der Waals surface area contributed by atoms with E-state index in [9.17, 15) is 4.79 Å². The Morgan fingerprint density at radius 2 is 2.00 bits per heavy atom. The van der Waals surface area contributed by atoms with Crippen LogP contribution in [0.5, 0.6) is 0 Å². The van der Waals surface area contributed by atoms with Crippen LogP contribution in [0.4, 0.5) is 4.79 Å². The van der Waals surface area contributed by atoms with Crippen LogP contribution < -0.4 is 5.43 Å². The largest absolute Gasteiger partial charge is 0.452 e. The average Bonchev–Trinajstić information content (AvgIpc) is 2.37. The van der Waals surface area contributed by atoms with Crippen LogP contribution in [-0.2, 0) is 15.9 Å². The summed E-state index contributed by atoms with van der Waals surface area (Å²) in [5.74, 6) is 0. The van der Waals surface area contributed by atoms with E-state index in [1.165, 1.54) is 7.11 Å². The second-order valence-electron chi connectivity index (χ2n) is 3.38. The maximum atomic E-state index is 10.9. The Kier molecular flexibility index (Phi) is 5.74. The maximum absolute atomic E-state index is 10.9. The summed E-state index contributed by atoms with van der Waals surface area (Å²) >= 11 is 0. The van der Waals surface area contributed by atoms with Gasteiger partial charge in [0.15, 0.2) is 0 Å². The van der Waals surface area contributed by atoms with Gasteiger partial charge in [-0.3, -0.25) is 0 Å². The first-order valence-electron chi connectivity index (χ1n) is 5.18. The quantitative estimate of drug-likeness (QED) is 0.623. The minimum atomic E-state index is -0.591. The summed E-state index contributed by atoms with van der Waals surface area (Å²) in [5, 5.41) is 3.95. The normalized spacial score (nSPS) is 11.1. The van der Waals surface area contributed by atoms with Crippen molar-refractivity contribution in [1.82, 2.24) is 5.43 Å². The van der Waals surface area contributed by atoms with Crippen molar-refractivity contribution in [2.45, 2.75) is 6.42 Å². The van der Waals surface area contributed by atoms with Crippen LogP contribution in [0.3, 0.4) is 0 Å². The van der Waals surface area contributed by atoms with Crippen molar-refractivity contribution in [3.63, 3.8) is 0 Å². The van der Waals surface area contributed by atoms with E-state index in [2.05, 4.69) is 15.3 Å². The van der Waals surface area contributed by atoms with Gasteiger partial charge in [0.05, 0.1) is 19.4 Å². The highest BCUT2D eigenvalue weighted by Crippen LogP contribution is 2.01. The van der Waals surface area contributed by atoms with Gasteiger partial charge in [-0.25, -0.2) is 10.2 Å². The van der Waals surface area contributed by atoms with Gasteiger partial charge in [-0.15, -0.1) is 0 Å². The Hall–Kier alpha value is -1.88. The van der Waals surface area contributed by atoms with Gasteiger partial charge in [0.2, 0.25) is 0 Å². The molecule has 0 spiro atoms. The second-order valence-corrected chi connectivity index (χ2v) is 3.38. The van der Waals surface area contributed by atoms with E-state index in [4.69, 9.17) is 4.74 Å². The molecule has 1 rings (SSSR count). The molecule has 0 unspecified atom stereocenters. The van der Waals surface area contributed by atoms with Crippen molar-refractivity contribution in [3.05, 3.63) is 35.9 Å². The molecule has 0 fully saturated rings. The molecule has 1 amide bonds. The number of hydrogen-bond donors (Lipinski definition) is 1. The molecule has 0 saturated heterocycles. The van der Waals surface area contributed by atoms with Crippen molar-refractivity contribution >= 4 is 11.8 Å². The number of carbonyl (C=O) groups excluding carboxylic acids is 1. The number of carbonyl (C=O) groups is 1. The monoisotopic (exact) mass is 236 g/mol. The van der Waals surface area contributed by atoms with Gasteiger partial charge < -0.3 is 9.47 Å². The molecule has 0 bridgehead atoms. The van der Waals surface area contributed by atoms with Gasteiger partial charge in [0.1, 0.15) is 0 Å². The molecule has 0 heterocycles. The third-order valence-corrected chi connectivity index (χ3v) is 2.05. The number of rotatable bonds is 5. The Labute approximate surface area is 100 Å². The SMILES string of the molecule is COC/C(Cc1ccccc1)=N\NC(=O)OC. The summed E-state index contributed by atoms with van der Waals surface area (Å²) < 4.78 is 9.45. The first-order chi connectivity index (χ1) is 8.26. The van der Waals surface area contributed by atoms with E-state index in [-0.39, 0.29) is 0 Å². The van der Waals surface area contributed by atoms with Gasteiger partial charge in [-0.1, -0.05) is 30.3 Å². The summed E-state index contributed by atoms with van der Waals surface area (Å²) in [6.07, 6.45) is 0.0326. The van der Waals surface area contributed by atoms with Gasteiger partial charge >= 0.3 is 6.09 Å². The molecule has 17 heavy (non-hydrogen) atoms. The summed E-state index contributed by atoms with van der Waals surface area (Å²) in [7, 11) is 2.87. The number of ether oxygens (including phenoxy) is 2. The molecule has 0 aliphatic carbocycles. The Balaban J connectivity index is 2.62. The fraction of sp³-hybridized carbons (Fsp3) is 0.333. The molecule has 5 nitrogen and oxygen atoms in total. The Morgan fingerprint density at radius 1 is 1.29 bits per heavy atom. The number of hydrazone groups is 1. The lowest BCUT2D eigenvalue weighted by molar-refractivity contribution is 0.171. The summed E-state index contributed by atoms with van der Waals surface area (Å²) in [6, 6.07) is 9.83. The Morgan fingerprint density at radius 3 is 2.59 bits per heavy atom. The zero-order valence-electron chi connectivity index (χ0n) is 9.97. The molecule has 0 aromatic heterocycles. The number of amides is 1. The van der Waals surface area contributed by atoms with Crippen LogP contribution in [0.2, 0.25) is 0 Å². The number of nitrogens with one attached hydrogen (secondary N) is 1. The minimum Gasteiger partial charge on any atom is -0.452 e. The zero-order chi connectivity index (χ0) is 12.5. The minimum absolute atomic E-state index is 0.360. The lowest BCUT2D eigenvalue weighted by Gasteiger charge is -2.06. The highest BCUT2D eigenvalue weighted by atomic mass is 16.5. The molecule has 1 N–H and O–H groups in total. The van der Waals surface area contributed by atoms with Crippen molar-refractivity contribution < 1.29 is 14.3 Å². The van der Waals surface area contributed by atoms with Crippen LogP contribution in [0, 0.1) is 0 Å². The van der Waals surface area contributed by atoms with Crippen LogP contribution in [0.25, 0.3) is 0 Å². The van der Waals surface area contributed by atoms with E-state index in [0.717, 1.165) is 11.3 Å². The highest BCUT2D eigenvalue weighted by molar-refractivity contribution is 5.88. The topological polar surface area (TPSA) is 59.9 Å². The average molecular weight is 236 g/mol. The molecule has 1 aromatic rings. The fourth-order valence-corrected chi connectivity index (χ4v) is 1.29. The predicted octanol–water partition coefficient (Wildman–Crippen LogP) is 1.59. The third-order valence-electron chi connectivity index (χ3n) is 2.05. The smallest absolute Gasteiger partial charge is 0.427 e. The lowest BCUT2D eigenvalue weighted by Crippen LogP contribution is -2.22. The van der Waals surface area contributed by atoms with E-state index in [0.29, 0.717) is 13.0 Å². The van der Waals surface area contributed by atoms with Crippen molar-refractivity contribution in [1.29, 1.82) is 0 Å². The van der Waals surface area contributed by atoms with Crippen molar-refractivity contribution in [2.75, 3.05) is 20.8 Å². The molecule has 0 radical (unpaired) electrons. The standard InChI is InChI=1S/C12H16N2O3/c1-16-9-11(13-14-12(15)17-2)8-10-6-4-3-5-7-10/h3-7H,8-9H2,1-2H3,(H,14,15)/b13-11-. The van der Waals surface area contributed by atoms with Gasteiger partial charge in [-0.2, -0.15) is 5.10 Å². The molecule has 1 aromatic carbocycles. The van der Waals surface area contributed by atoms with Gasteiger partial charge in [0, 0.05) is 13.5 Å². The van der Waals surface area contributed by atoms with Crippen molar-refractivity contribution in [2.24, 2.45) is 5.10 Å². The molecular formula is C12H16N2O3. The fourth-order valence-electron chi connectivity index (χ4n) is 1.29. The zero-order valence-corrected chi connectivity index (χ0v) is 9.97. The molecule has 0 atom stereocenters. The lowest BCUT2D eigenvalue weighted by atomic mass is 10.1. The van der Waals surface area contributed by atoms with E-state index in [1.54, 1.807) is 7.11 Å². The summed E-state index contributed by atoms with van der Waals surface area (Å²) in [6.45, 7) is 0.360. The molecule has 5 heteroatoms. The van der Waals surface area contributed by atoms with E-state index < -0.39 is 6.09 Å². The predicted molar refractivity (Wildman–Crippen MR) is 65.0 cm³/mol. The first kappa shape index (κ1) is 13.2. The van der Waals surface area contributed by atoms with E-state index >= 15 is 0 Å². The third kappa shape index (κ3) is 5.12. The number of benzene rings is 1. The van der Waals surface area contributed by atoms with Crippen LogP contribution in [-0.4, -0.2) is 32.6 Å². The van der Waals surface area contributed by atoms with Crippen molar-refractivity contribution in [3.8, 4) is 0 Å². The van der Waals surface area contributed by atoms with Gasteiger partial charge in [0.25, 0.3) is 0 Å². The van der Waals surface area contributed by atoms with Crippen LogP contribution in [0.1, 0.15) is 5.56 Å².